The third-order valence-electron chi connectivity index (χ3n) is 1.89. The topological polar surface area (TPSA) is 51.2 Å². The number of benzene rings is 1. The summed E-state index contributed by atoms with van der Waals surface area (Å²) in [4.78, 5) is 12.4. The van der Waals surface area contributed by atoms with Gasteiger partial charge in [-0.2, -0.15) is 0 Å². The highest BCUT2D eigenvalue weighted by atomic mass is 32.2. The molecule has 0 fully saturated rings. The van der Waals surface area contributed by atoms with Crippen LogP contribution in [-0.4, -0.2) is 32.0 Å². The lowest BCUT2D eigenvalue weighted by Gasteiger charge is -2.00. The van der Waals surface area contributed by atoms with Gasteiger partial charge in [0.15, 0.2) is 0 Å². The lowest BCUT2D eigenvalue weighted by Crippen LogP contribution is -2.10. The number of sulfone groups is 1. The van der Waals surface area contributed by atoms with Gasteiger partial charge in [-0.25, -0.2) is 8.42 Å². The summed E-state index contributed by atoms with van der Waals surface area (Å²) in [6.07, 6.45) is 1.25. The average molecular weight is 258 g/mol. The van der Waals surface area contributed by atoms with Crippen molar-refractivity contribution >= 4 is 27.4 Å². The zero-order valence-corrected chi connectivity index (χ0v) is 10.7. The molecule has 0 radical (unpaired) electrons. The van der Waals surface area contributed by atoms with Crippen molar-refractivity contribution in [2.75, 3.05) is 17.8 Å². The minimum atomic E-state index is -3.03. The normalized spacial score (nSPS) is 11.3. The molecule has 0 saturated heterocycles. The number of hydrogen-bond donors (Lipinski definition) is 0. The summed E-state index contributed by atoms with van der Waals surface area (Å²) < 4.78 is 21.7. The Balaban J connectivity index is 2.31. The van der Waals surface area contributed by atoms with E-state index >= 15 is 0 Å². The monoisotopic (exact) mass is 258 g/mol. The fraction of sp³-hybridized carbons (Fsp3) is 0.364. The van der Waals surface area contributed by atoms with Crippen LogP contribution in [0, 0.1) is 0 Å². The zero-order valence-electron chi connectivity index (χ0n) is 9.05. The summed E-state index contributed by atoms with van der Waals surface area (Å²) in [5.74, 6) is 0.250. The van der Waals surface area contributed by atoms with E-state index in [2.05, 4.69) is 0 Å². The van der Waals surface area contributed by atoms with E-state index in [9.17, 15) is 13.2 Å². The molecule has 0 aliphatic carbocycles. The van der Waals surface area contributed by atoms with Gasteiger partial charge in [0.25, 0.3) is 0 Å². The minimum absolute atomic E-state index is 0.0284. The highest BCUT2D eigenvalue weighted by Crippen LogP contribution is 2.17. The van der Waals surface area contributed by atoms with Gasteiger partial charge in [0.05, 0.1) is 11.5 Å². The van der Waals surface area contributed by atoms with Crippen molar-refractivity contribution in [3.05, 3.63) is 30.3 Å². The summed E-state index contributed by atoms with van der Waals surface area (Å²) in [7, 11) is -3.03. The largest absolute Gasteiger partial charge is 0.299 e. The van der Waals surface area contributed by atoms with E-state index in [4.69, 9.17) is 0 Å². The average Bonchev–Trinajstić information content (AvgIpc) is 2.24. The Morgan fingerprint density at radius 2 is 1.88 bits per heavy atom. The second-order valence-electron chi connectivity index (χ2n) is 3.52. The Labute approximate surface area is 100 Å². The SMILES string of the molecule is CS(=O)(=O)CCC(=O)CSc1ccccc1. The molecule has 0 unspecified atom stereocenters. The van der Waals surface area contributed by atoms with Crippen LogP contribution in [0.4, 0.5) is 0 Å². The lowest BCUT2D eigenvalue weighted by atomic mass is 10.3. The van der Waals surface area contributed by atoms with Crippen LogP contribution in [0.25, 0.3) is 0 Å². The van der Waals surface area contributed by atoms with E-state index in [0.29, 0.717) is 5.75 Å². The van der Waals surface area contributed by atoms with Gasteiger partial charge in [-0.05, 0) is 12.1 Å². The molecule has 16 heavy (non-hydrogen) atoms. The van der Waals surface area contributed by atoms with E-state index in [1.54, 1.807) is 0 Å². The van der Waals surface area contributed by atoms with Crippen molar-refractivity contribution < 1.29 is 13.2 Å². The fourth-order valence-electron chi connectivity index (χ4n) is 1.05. The van der Waals surface area contributed by atoms with Crippen LogP contribution in [0.2, 0.25) is 0 Å². The van der Waals surface area contributed by atoms with Crippen LogP contribution in [0.3, 0.4) is 0 Å². The molecular formula is C11H14O3S2. The van der Waals surface area contributed by atoms with Gasteiger partial charge < -0.3 is 0 Å². The second-order valence-corrected chi connectivity index (χ2v) is 6.83. The Morgan fingerprint density at radius 1 is 1.25 bits per heavy atom. The van der Waals surface area contributed by atoms with E-state index in [-0.39, 0.29) is 18.0 Å². The summed E-state index contributed by atoms with van der Waals surface area (Å²) >= 11 is 1.43. The molecule has 0 aliphatic rings. The number of hydrogen-bond acceptors (Lipinski definition) is 4. The number of rotatable bonds is 6. The third-order valence-corrected chi connectivity index (χ3v) is 3.91. The Hall–Kier alpha value is -0.810. The first-order valence-corrected chi connectivity index (χ1v) is 7.89. The van der Waals surface area contributed by atoms with E-state index in [1.807, 2.05) is 30.3 Å². The molecule has 3 nitrogen and oxygen atoms in total. The van der Waals surface area contributed by atoms with E-state index in [0.717, 1.165) is 11.2 Å². The smallest absolute Gasteiger partial charge is 0.147 e. The van der Waals surface area contributed by atoms with Gasteiger partial charge in [0.1, 0.15) is 15.6 Å². The van der Waals surface area contributed by atoms with Crippen LogP contribution in [-0.2, 0) is 14.6 Å². The van der Waals surface area contributed by atoms with Crippen LogP contribution >= 0.6 is 11.8 Å². The molecule has 0 amide bonds. The van der Waals surface area contributed by atoms with Crippen molar-refractivity contribution in [3.63, 3.8) is 0 Å². The third kappa shape index (κ3) is 5.92. The molecular weight excluding hydrogens is 244 g/mol. The molecule has 0 aromatic heterocycles. The Bertz CT molecular complexity index is 438. The molecule has 1 aromatic carbocycles. The molecule has 0 atom stereocenters. The number of thioether (sulfide) groups is 1. The van der Waals surface area contributed by atoms with Crippen LogP contribution in [0.1, 0.15) is 6.42 Å². The summed E-state index contributed by atoms with van der Waals surface area (Å²) in [5.41, 5.74) is 0. The van der Waals surface area contributed by atoms with Crippen LogP contribution in [0.5, 0.6) is 0 Å². The van der Waals surface area contributed by atoms with Crippen molar-refractivity contribution in [1.29, 1.82) is 0 Å². The first-order chi connectivity index (χ1) is 7.47. The molecule has 88 valence electrons. The predicted octanol–water partition coefficient (Wildman–Crippen LogP) is 1.78. The summed E-state index contributed by atoms with van der Waals surface area (Å²) in [6, 6.07) is 9.57. The Kier molecular flexibility index (Phi) is 5.02. The molecule has 5 heteroatoms. The van der Waals surface area contributed by atoms with Crippen LogP contribution in [0.15, 0.2) is 35.2 Å². The maximum Gasteiger partial charge on any atom is 0.147 e. The second kappa shape index (κ2) is 6.06. The molecule has 1 aromatic rings. The van der Waals surface area contributed by atoms with Crippen molar-refractivity contribution in [3.8, 4) is 0 Å². The first-order valence-electron chi connectivity index (χ1n) is 4.84. The molecule has 0 bridgehead atoms. The number of carbonyl (C=O) groups excluding carboxylic acids is 1. The quantitative estimate of drug-likeness (QED) is 0.730. The standard InChI is InChI=1S/C11H14O3S2/c1-16(13,14)8-7-10(12)9-15-11-5-3-2-4-6-11/h2-6H,7-9H2,1H3. The summed E-state index contributed by atoms with van der Waals surface area (Å²) in [5, 5.41) is 0. The summed E-state index contributed by atoms with van der Waals surface area (Å²) in [6.45, 7) is 0. The van der Waals surface area contributed by atoms with E-state index < -0.39 is 9.84 Å². The molecule has 0 saturated carbocycles. The number of Topliss-reactive ketones (excluding diaryl/α,β-unsaturated/α-hetero) is 1. The lowest BCUT2D eigenvalue weighted by molar-refractivity contribution is -0.116. The van der Waals surface area contributed by atoms with Gasteiger partial charge in [-0.3, -0.25) is 4.79 Å². The molecule has 0 spiro atoms. The highest BCUT2D eigenvalue weighted by Gasteiger charge is 2.08. The van der Waals surface area contributed by atoms with Crippen molar-refractivity contribution in [1.82, 2.24) is 0 Å². The molecule has 1 rings (SSSR count). The molecule has 0 N–H and O–H groups in total. The van der Waals surface area contributed by atoms with Gasteiger partial charge in [-0.1, -0.05) is 18.2 Å². The van der Waals surface area contributed by atoms with Gasteiger partial charge in [0.2, 0.25) is 0 Å². The van der Waals surface area contributed by atoms with Crippen molar-refractivity contribution in [2.45, 2.75) is 11.3 Å². The first kappa shape index (κ1) is 13.3. The van der Waals surface area contributed by atoms with Gasteiger partial charge >= 0.3 is 0 Å². The predicted molar refractivity (Wildman–Crippen MR) is 66.5 cm³/mol. The van der Waals surface area contributed by atoms with Crippen molar-refractivity contribution in [2.24, 2.45) is 0 Å². The van der Waals surface area contributed by atoms with Gasteiger partial charge in [0, 0.05) is 17.6 Å². The maximum atomic E-state index is 11.4. The molecule has 0 aliphatic heterocycles. The minimum Gasteiger partial charge on any atom is -0.299 e. The Morgan fingerprint density at radius 3 is 2.44 bits per heavy atom. The maximum absolute atomic E-state index is 11.4. The fourth-order valence-corrected chi connectivity index (χ4v) is 2.47. The van der Waals surface area contributed by atoms with E-state index in [1.165, 1.54) is 11.8 Å². The van der Waals surface area contributed by atoms with Crippen LogP contribution < -0.4 is 0 Å². The van der Waals surface area contributed by atoms with Gasteiger partial charge in [-0.15, -0.1) is 11.8 Å². The zero-order chi connectivity index (χ0) is 12.0. The number of ketones is 1. The molecule has 0 heterocycles. The highest BCUT2D eigenvalue weighted by molar-refractivity contribution is 8.00. The number of carbonyl (C=O) groups is 1.